The first-order valence-corrected chi connectivity index (χ1v) is 32.4. The Bertz CT molecular complexity index is 1870. The van der Waals surface area contributed by atoms with E-state index in [2.05, 4.69) is 138 Å². The quantitative estimate of drug-likeness (QED) is 0.0814. The van der Waals surface area contributed by atoms with Crippen LogP contribution in [0.4, 0.5) is 0 Å². The van der Waals surface area contributed by atoms with E-state index in [1.165, 1.54) is 45.3 Å². The van der Waals surface area contributed by atoms with Gasteiger partial charge in [0, 0.05) is 50.9 Å². The Hall–Kier alpha value is -3.70. The molecule has 0 aromatic rings. The van der Waals surface area contributed by atoms with Gasteiger partial charge in [0.1, 0.15) is 0 Å². The second kappa shape index (κ2) is 38.4. The summed E-state index contributed by atoms with van der Waals surface area (Å²) in [4.78, 5) is 99.5. The number of carbonyl (C=O) groups is 8. The Balaban J connectivity index is 0. The highest BCUT2D eigenvalue weighted by Crippen LogP contribution is 2.37. The molecule has 0 aromatic heterocycles. The standard InChI is InChI=1S/2C12H21NO2.C12H26.C12H24.2C11H19NO2/c2*1-7(2)6-9-10(8(3)4)12(15)13(5)11(9)14;2*1-9(2)7-11(5)12(6)8-10(3)4;2*1-7(2)5-9-6-10(13)12(8(3)4)11(9)14/h2*7-10H,6H2,1-5H3;9-12H,7-8H2,1-6H3;9-10H,7-8H2,1-6H3;2*7-9H,5-6H2,1-4H3. The van der Waals surface area contributed by atoms with Gasteiger partial charge >= 0.3 is 0 Å². The summed E-state index contributed by atoms with van der Waals surface area (Å²) in [6.07, 6.45) is 9.40. The van der Waals surface area contributed by atoms with Crippen molar-refractivity contribution in [3.8, 4) is 0 Å². The molecule has 12 heteroatoms. The molecule has 8 atom stereocenters. The van der Waals surface area contributed by atoms with Gasteiger partial charge < -0.3 is 0 Å². The van der Waals surface area contributed by atoms with Crippen molar-refractivity contribution in [3.63, 3.8) is 0 Å². The predicted molar refractivity (Wildman–Crippen MR) is 342 cm³/mol. The number of imide groups is 4. The summed E-state index contributed by atoms with van der Waals surface area (Å²) >= 11 is 0. The molecule has 0 aromatic carbocycles. The molecular weight excluding hydrogens is 1020 g/mol. The van der Waals surface area contributed by atoms with Gasteiger partial charge in [0.15, 0.2) is 0 Å². The van der Waals surface area contributed by atoms with Crippen molar-refractivity contribution in [1.82, 2.24) is 19.6 Å². The van der Waals surface area contributed by atoms with Gasteiger partial charge in [0.25, 0.3) is 0 Å². The molecule has 12 nitrogen and oxygen atoms in total. The van der Waals surface area contributed by atoms with Gasteiger partial charge in [0.2, 0.25) is 47.3 Å². The molecule has 4 aliphatic rings. The summed E-state index contributed by atoms with van der Waals surface area (Å²) in [5.41, 5.74) is 3.19. The molecule has 4 saturated heterocycles. The second-order valence-corrected chi connectivity index (χ2v) is 29.9. The summed E-state index contributed by atoms with van der Waals surface area (Å²) in [5.74, 6) is 6.99. The number of hydrogen-bond donors (Lipinski definition) is 0. The van der Waals surface area contributed by atoms with Crippen LogP contribution < -0.4 is 0 Å². The lowest BCUT2D eigenvalue weighted by Gasteiger charge is -2.23. The van der Waals surface area contributed by atoms with Crippen molar-refractivity contribution in [2.75, 3.05) is 14.1 Å². The molecule has 0 saturated carbocycles. The third-order valence-corrected chi connectivity index (χ3v) is 16.2. The molecule has 4 aliphatic heterocycles. The average molecular weight is 1160 g/mol. The zero-order chi connectivity index (χ0) is 64.7. The molecular formula is C70H130N4O8. The van der Waals surface area contributed by atoms with E-state index in [4.69, 9.17) is 0 Å². The molecule has 0 aliphatic carbocycles. The zero-order valence-electron chi connectivity index (χ0n) is 58.7. The van der Waals surface area contributed by atoms with Crippen molar-refractivity contribution in [2.45, 2.75) is 270 Å². The van der Waals surface area contributed by atoms with Crippen molar-refractivity contribution in [1.29, 1.82) is 0 Å². The summed E-state index contributed by atoms with van der Waals surface area (Å²) in [7, 11) is 3.20. The fourth-order valence-electron chi connectivity index (χ4n) is 12.4. The van der Waals surface area contributed by atoms with E-state index in [9.17, 15) is 38.4 Å². The molecule has 8 amide bonds. The first kappa shape index (κ1) is 80.4. The molecule has 478 valence electrons. The maximum Gasteiger partial charge on any atom is 0.233 e. The number of rotatable bonds is 21. The van der Waals surface area contributed by atoms with Gasteiger partial charge in [-0.15, -0.1) is 0 Å². The number of nitrogens with zero attached hydrogens (tertiary/aromatic N) is 4. The smallest absolute Gasteiger partial charge is 0.233 e. The van der Waals surface area contributed by atoms with E-state index < -0.39 is 0 Å². The van der Waals surface area contributed by atoms with Crippen LogP contribution >= 0.6 is 0 Å². The molecule has 4 fully saturated rings. The normalized spacial score (nSPS) is 22.4. The van der Waals surface area contributed by atoms with Crippen LogP contribution in [0.3, 0.4) is 0 Å². The number of amides is 8. The fraction of sp³-hybridized carbons (Fsp3) is 0.857. The highest BCUT2D eigenvalue weighted by Gasteiger charge is 2.48. The SMILES string of the molecule is CC(C)CC(C)C(C)CC(C)C.CC(C)CC1C(=O)N(C)C(=O)C1C(C)C.CC(C)CC1C(=O)N(C)C(=O)C1C(C)C.CC(C)CC1CC(=O)N(C(C)C)C1=O.CC(C)CC1CC(=O)N(C(C)C)C1=O.CC(CC(C)C)=C(C)CC(C)C. The minimum absolute atomic E-state index is 0.000602. The van der Waals surface area contributed by atoms with Crippen LogP contribution in [-0.2, 0) is 38.4 Å². The molecule has 0 radical (unpaired) electrons. The summed E-state index contributed by atoms with van der Waals surface area (Å²) in [6, 6.07) is 0.0133. The Morgan fingerprint density at radius 1 is 0.354 bits per heavy atom. The van der Waals surface area contributed by atoms with E-state index in [0.29, 0.717) is 36.5 Å². The summed E-state index contributed by atoms with van der Waals surface area (Å²) in [6.45, 7) is 60.0. The minimum Gasteiger partial charge on any atom is -0.285 e. The summed E-state index contributed by atoms with van der Waals surface area (Å²) < 4.78 is 0. The maximum atomic E-state index is 11.9. The van der Waals surface area contributed by atoms with Crippen molar-refractivity contribution in [3.05, 3.63) is 11.1 Å². The molecule has 4 rings (SSSR count). The second-order valence-electron chi connectivity index (χ2n) is 29.9. The van der Waals surface area contributed by atoms with Gasteiger partial charge in [-0.05, 0) is 164 Å². The number of hydrogen-bond acceptors (Lipinski definition) is 8. The van der Waals surface area contributed by atoms with Gasteiger partial charge in [-0.2, -0.15) is 0 Å². The van der Waals surface area contributed by atoms with Crippen molar-refractivity contribution >= 4 is 47.3 Å². The molecule has 8 unspecified atom stereocenters. The van der Waals surface area contributed by atoms with Crippen LogP contribution in [0.1, 0.15) is 258 Å². The lowest BCUT2D eigenvalue weighted by Crippen LogP contribution is -2.36. The molecule has 82 heavy (non-hydrogen) atoms. The van der Waals surface area contributed by atoms with Crippen LogP contribution in [0.25, 0.3) is 0 Å². The highest BCUT2D eigenvalue weighted by molar-refractivity contribution is 6.06. The Morgan fingerprint density at radius 3 is 0.793 bits per heavy atom. The van der Waals surface area contributed by atoms with E-state index in [1.54, 1.807) is 25.2 Å². The van der Waals surface area contributed by atoms with E-state index in [0.717, 1.165) is 61.2 Å². The van der Waals surface area contributed by atoms with E-state index in [1.807, 2.05) is 55.4 Å². The van der Waals surface area contributed by atoms with Crippen LogP contribution in [0.5, 0.6) is 0 Å². The lowest BCUT2D eigenvalue weighted by atomic mass is 9.81. The Morgan fingerprint density at radius 2 is 0.610 bits per heavy atom. The topological polar surface area (TPSA) is 150 Å². The fourth-order valence-corrected chi connectivity index (χ4v) is 12.4. The van der Waals surface area contributed by atoms with Crippen LogP contribution in [0, 0.1) is 107 Å². The first-order valence-electron chi connectivity index (χ1n) is 32.4. The van der Waals surface area contributed by atoms with Gasteiger partial charge in [-0.25, -0.2) is 0 Å². The van der Waals surface area contributed by atoms with Gasteiger partial charge in [0.05, 0.1) is 23.7 Å². The monoisotopic (exact) mass is 1150 g/mol. The Kier molecular flexibility index (Phi) is 37.6. The van der Waals surface area contributed by atoms with Crippen LogP contribution in [-0.4, -0.2) is 93.0 Å². The maximum absolute atomic E-state index is 11.9. The number of allylic oxidation sites excluding steroid dienone is 2. The molecule has 4 heterocycles. The van der Waals surface area contributed by atoms with E-state index >= 15 is 0 Å². The summed E-state index contributed by atoms with van der Waals surface area (Å²) in [5, 5.41) is 0. The van der Waals surface area contributed by atoms with Crippen LogP contribution in [0.15, 0.2) is 11.1 Å². The van der Waals surface area contributed by atoms with E-state index in [-0.39, 0.29) is 107 Å². The average Bonchev–Trinajstić information content (AvgIpc) is 3.90. The molecule has 0 N–H and O–H groups in total. The first-order chi connectivity index (χ1) is 37.4. The molecule has 0 spiro atoms. The van der Waals surface area contributed by atoms with Gasteiger partial charge in [-0.3, -0.25) is 58.0 Å². The number of carbonyl (C=O) groups excluding carboxylic acids is 8. The highest BCUT2D eigenvalue weighted by atomic mass is 16.2. The predicted octanol–water partition coefficient (Wildman–Crippen LogP) is 16.2. The lowest BCUT2D eigenvalue weighted by molar-refractivity contribution is -0.143. The Labute approximate surface area is 505 Å². The third-order valence-electron chi connectivity index (χ3n) is 16.2. The van der Waals surface area contributed by atoms with Crippen LogP contribution in [0.2, 0.25) is 0 Å². The zero-order valence-corrected chi connectivity index (χ0v) is 58.7. The van der Waals surface area contributed by atoms with Gasteiger partial charge in [-0.1, -0.05) is 163 Å². The van der Waals surface area contributed by atoms with Crippen molar-refractivity contribution in [2.24, 2.45) is 107 Å². The number of likely N-dealkylation sites (tertiary alicyclic amines) is 4. The minimum atomic E-state index is -0.107. The van der Waals surface area contributed by atoms with Crippen molar-refractivity contribution < 1.29 is 38.4 Å². The molecule has 0 bridgehead atoms. The largest absolute Gasteiger partial charge is 0.285 e. The third kappa shape index (κ3) is 28.0.